The molecule has 2 fully saturated rings. The Morgan fingerprint density at radius 2 is 2.11 bits per heavy atom. The Bertz CT molecular complexity index is 603. The third-order valence-corrected chi connectivity index (χ3v) is 5.90. The fourth-order valence-electron chi connectivity index (χ4n) is 4.38. The van der Waals surface area contributed by atoms with Gasteiger partial charge in [0.05, 0.1) is 18.8 Å². The first kappa shape index (κ1) is 20.1. The Kier molecular flexibility index (Phi) is 7.13. The van der Waals surface area contributed by atoms with Gasteiger partial charge in [-0.15, -0.1) is 0 Å². The molecule has 2 unspecified atom stereocenters. The molecule has 1 aromatic rings. The van der Waals surface area contributed by atoms with Crippen molar-refractivity contribution in [3.05, 3.63) is 18.0 Å². The quantitative estimate of drug-likeness (QED) is 0.560. The van der Waals surface area contributed by atoms with Crippen LogP contribution in [-0.4, -0.2) is 77.9 Å². The summed E-state index contributed by atoms with van der Waals surface area (Å²) in [5, 5.41) is 11.4. The zero-order valence-electron chi connectivity index (χ0n) is 17.5. The number of aryl methyl sites for hydroxylation is 1. The molecule has 1 aromatic heterocycles. The summed E-state index contributed by atoms with van der Waals surface area (Å²) in [5.74, 6) is 0.937. The second kappa shape index (κ2) is 9.55. The zero-order chi connectivity index (χ0) is 19.2. The fourth-order valence-corrected chi connectivity index (χ4v) is 4.38. The Hall–Kier alpha value is -1.60. The maximum absolute atomic E-state index is 4.90. The lowest BCUT2D eigenvalue weighted by Crippen LogP contribution is -2.45. The SMILES string of the molecule is CCNC(=NCC(c1cnn(C)c1)N(C)C)NC1CCN(C2CCCC2)C1. The molecule has 27 heavy (non-hydrogen) atoms. The first-order chi connectivity index (χ1) is 13.1. The molecule has 1 aliphatic carbocycles. The molecule has 0 amide bonds. The van der Waals surface area contributed by atoms with Crippen LogP contribution in [0.1, 0.15) is 50.6 Å². The lowest BCUT2D eigenvalue weighted by molar-refractivity contribution is 0.242. The number of hydrogen-bond donors (Lipinski definition) is 2. The third-order valence-electron chi connectivity index (χ3n) is 5.90. The molecule has 2 N–H and O–H groups in total. The number of aromatic nitrogens is 2. The second-order valence-electron chi connectivity index (χ2n) is 8.21. The van der Waals surface area contributed by atoms with E-state index in [9.17, 15) is 0 Å². The zero-order valence-corrected chi connectivity index (χ0v) is 17.5. The summed E-state index contributed by atoms with van der Waals surface area (Å²) < 4.78 is 1.86. The van der Waals surface area contributed by atoms with Crippen molar-refractivity contribution in [2.45, 2.75) is 57.2 Å². The molecule has 0 spiro atoms. The van der Waals surface area contributed by atoms with Gasteiger partial charge in [0.15, 0.2) is 5.96 Å². The number of rotatable bonds is 7. The first-order valence-electron chi connectivity index (χ1n) is 10.5. The molecule has 2 atom stereocenters. The van der Waals surface area contributed by atoms with E-state index in [1.807, 2.05) is 17.9 Å². The van der Waals surface area contributed by atoms with E-state index in [0.717, 1.165) is 25.1 Å². The van der Waals surface area contributed by atoms with Crippen LogP contribution in [0.25, 0.3) is 0 Å². The van der Waals surface area contributed by atoms with Gasteiger partial charge in [-0.25, -0.2) is 0 Å². The molecule has 1 saturated carbocycles. The highest BCUT2D eigenvalue weighted by atomic mass is 15.3. The van der Waals surface area contributed by atoms with Crippen molar-refractivity contribution in [2.24, 2.45) is 12.0 Å². The Morgan fingerprint density at radius 3 is 2.74 bits per heavy atom. The molecule has 2 heterocycles. The minimum Gasteiger partial charge on any atom is -0.357 e. The smallest absolute Gasteiger partial charge is 0.191 e. The van der Waals surface area contributed by atoms with Gasteiger partial charge in [0, 0.05) is 50.5 Å². The Morgan fingerprint density at radius 1 is 1.33 bits per heavy atom. The van der Waals surface area contributed by atoms with Gasteiger partial charge in [0.2, 0.25) is 0 Å². The summed E-state index contributed by atoms with van der Waals surface area (Å²) in [5.41, 5.74) is 1.20. The van der Waals surface area contributed by atoms with Crippen molar-refractivity contribution in [1.29, 1.82) is 0 Å². The van der Waals surface area contributed by atoms with Crippen LogP contribution in [0.15, 0.2) is 17.4 Å². The van der Waals surface area contributed by atoms with Gasteiger partial charge < -0.3 is 15.5 Å². The summed E-state index contributed by atoms with van der Waals surface area (Å²) >= 11 is 0. The molecule has 1 saturated heterocycles. The van der Waals surface area contributed by atoms with Crippen molar-refractivity contribution in [3.8, 4) is 0 Å². The van der Waals surface area contributed by atoms with Gasteiger partial charge >= 0.3 is 0 Å². The molecule has 3 rings (SSSR count). The summed E-state index contributed by atoms with van der Waals surface area (Å²) in [7, 11) is 6.16. The molecule has 0 aromatic carbocycles. The van der Waals surface area contributed by atoms with E-state index in [1.54, 1.807) is 0 Å². The summed E-state index contributed by atoms with van der Waals surface area (Å²) in [6, 6.07) is 1.55. The predicted octanol–water partition coefficient (Wildman–Crippen LogP) is 1.59. The maximum Gasteiger partial charge on any atom is 0.191 e. The van der Waals surface area contributed by atoms with E-state index >= 15 is 0 Å². The minimum atomic E-state index is 0.229. The number of guanidine groups is 1. The van der Waals surface area contributed by atoms with Gasteiger partial charge in [-0.3, -0.25) is 14.6 Å². The van der Waals surface area contributed by atoms with Gasteiger partial charge in [-0.05, 0) is 40.3 Å². The Balaban J connectivity index is 1.58. The molecule has 0 bridgehead atoms. The standard InChI is InChI=1S/C20H37N7/c1-5-21-20(22-13-19(25(2)3)16-12-23-26(4)14-16)24-17-10-11-27(15-17)18-8-6-7-9-18/h12,14,17-19H,5-11,13,15H2,1-4H3,(H2,21,22,24). The van der Waals surface area contributed by atoms with Gasteiger partial charge in [0.25, 0.3) is 0 Å². The van der Waals surface area contributed by atoms with Crippen LogP contribution < -0.4 is 10.6 Å². The minimum absolute atomic E-state index is 0.229. The van der Waals surface area contributed by atoms with Crippen LogP contribution in [0.3, 0.4) is 0 Å². The van der Waals surface area contributed by atoms with Crippen molar-refractivity contribution >= 4 is 5.96 Å². The normalized spacial score (nSPS) is 23.3. The number of nitrogens with zero attached hydrogens (tertiary/aromatic N) is 5. The lowest BCUT2D eigenvalue weighted by Gasteiger charge is -2.25. The van der Waals surface area contributed by atoms with Gasteiger partial charge in [0.1, 0.15) is 0 Å². The van der Waals surface area contributed by atoms with Crippen molar-refractivity contribution in [3.63, 3.8) is 0 Å². The summed E-state index contributed by atoms with van der Waals surface area (Å²) in [6.45, 7) is 6.09. The number of aliphatic imine (C=N–C) groups is 1. The predicted molar refractivity (Wildman–Crippen MR) is 111 cm³/mol. The highest BCUT2D eigenvalue weighted by Crippen LogP contribution is 2.26. The largest absolute Gasteiger partial charge is 0.357 e. The first-order valence-corrected chi connectivity index (χ1v) is 10.5. The van der Waals surface area contributed by atoms with Crippen LogP contribution in [0.4, 0.5) is 0 Å². The molecular weight excluding hydrogens is 338 g/mol. The van der Waals surface area contributed by atoms with E-state index < -0.39 is 0 Å². The number of hydrogen-bond acceptors (Lipinski definition) is 4. The third kappa shape index (κ3) is 5.45. The highest BCUT2D eigenvalue weighted by Gasteiger charge is 2.30. The number of nitrogens with one attached hydrogen (secondary N) is 2. The van der Waals surface area contributed by atoms with Crippen LogP contribution in [0, 0.1) is 0 Å². The van der Waals surface area contributed by atoms with E-state index in [1.165, 1.54) is 44.2 Å². The summed E-state index contributed by atoms with van der Waals surface area (Å²) in [4.78, 5) is 9.80. The maximum atomic E-state index is 4.90. The molecule has 2 aliphatic rings. The van der Waals surface area contributed by atoms with Crippen molar-refractivity contribution < 1.29 is 0 Å². The average Bonchev–Trinajstić information content (AvgIpc) is 3.36. The summed E-state index contributed by atoms with van der Waals surface area (Å²) in [6.07, 6.45) is 10.8. The van der Waals surface area contributed by atoms with Crippen LogP contribution in [0.2, 0.25) is 0 Å². The van der Waals surface area contributed by atoms with Crippen LogP contribution in [-0.2, 0) is 7.05 Å². The number of likely N-dealkylation sites (N-methyl/N-ethyl adjacent to an activating group) is 1. The highest BCUT2D eigenvalue weighted by molar-refractivity contribution is 5.80. The van der Waals surface area contributed by atoms with Crippen LogP contribution in [0.5, 0.6) is 0 Å². The average molecular weight is 376 g/mol. The molecular formula is C20H37N7. The Labute approximate surface area is 164 Å². The molecule has 7 nitrogen and oxygen atoms in total. The molecule has 7 heteroatoms. The molecule has 152 valence electrons. The molecule has 0 radical (unpaired) electrons. The van der Waals surface area contributed by atoms with Gasteiger partial charge in [-0.1, -0.05) is 12.8 Å². The van der Waals surface area contributed by atoms with Gasteiger partial charge in [-0.2, -0.15) is 5.10 Å². The topological polar surface area (TPSA) is 60.7 Å². The van der Waals surface area contributed by atoms with Crippen molar-refractivity contribution in [1.82, 2.24) is 30.2 Å². The molecule has 1 aliphatic heterocycles. The van der Waals surface area contributed by atoms with Crippen molar-refractivity contribution in [2.75, 3.05) is 40.3 Å². The second-order valence-corrected chi connectivity index (χ2v) is 8.21. The lowest BCUT2D eigenvalue weighted by atomic mass is 10.1. The van der Waals surface area contributed by atoms with E-state index in [-0.39, 0.29) is 6.04 Å². The van der Waals surface area contributed by atoms with E-state index in [0.29, 0.717) is 12.6 Å². The number of likely N-dealkylation sites (tertiary alicyclic amines) is 1. The van der Waals surface area contributed by atoms with E-state index in [2.05, 4.69) is 52.7 Å². The fraction of sp³-hybridized carbons (Fsp3) is 0.800. The monoisotopic (exact) mass is 375 g/mol. The van der Waals surface area contributed by atoms with Crippen LogP contribution >= 0.6 is 0 Å². The van der Waals surface area contributed by atoms with E-state index in [4.69, 9.17) is 4.99 Å².